The average molecular weight is 306 g/mol. The number of carbonyl (C=O) groups is 2. The lowest BCUT2D eigenvalue weighted by Gasteiger charge is -2.11. The molecule has 9 heteroatoms. The van der Waals surface area contributed by atoms with Crippen LogP contribution in [-0.4, -0.2) is 38.0 Å². The number of carboxylic acids is 1. The Labute approximate surface area is 114 Å². The highest BCUT2D eigenvalue weighted by Gasteiger charge is 2.17. The van der Waals surface area contributed by atoms with Gasteiger partial charge >= 0.3 is 5.97 Å². The van der Waals surface area contributed by atoms with Crippen LogP contribution in [0.25, 0.3) is 0 Å². The van der Waals surface area contributed by atoms with E-state index in [1.807, 2.05) is 0 Å². The fraction of sp³-hybridized carbons (Fsp3) is 0.400. The molecule has 0 saturated heterocycles. The molecule has 1 aromatic rings. The molecule has 1 unspecified atom stereocenters. The molecule has 0 bridgehead atoms. The smallest absolute Gasteiger partial charge is 0.305 e. The Morgan fingerprint density at radius 2 is 2.16 bits per heavy atom. The second-order valence-electron chi connectivity index (χ2n) is 3.82. The van der Waals surface area contributed by atoms with Crippen molar-refractivity contribution in [1.29, 1.82) is 0 Å². The number of hydrogen-bond acceptors (Lipinski definition) is 5. The molecule has 7 nitrogen and oxygen atoms in total. The molecule has 0 spiro atoms. The maximum atomic E-state index is 11.7. The summed E-state index contributed by atoms with van der Waals surface area (Å²) in [7, 11) is -3.68. The van der Waals surface area contributed by atoms with Crippen molar-refractivity contribution in [3.63, 3.8) is 0 Å². The van der Waals surface area contributed by atoms with Crippen LogP contribution in [0.4, 0.5) is 0 Å². The number of thiophene rings is 1. The Bertz CT molecular complexity index is 538. The molecule has 1 atom stereocenters. The number of hydrogen-bond donors (Lipinski definition) is 3. The fourth-order valence-electron chi connectivity index (χ4n) is 1.29. The van der Waals surface area contributed by atoms with Gasteiger partial charge in [0.25, 0.3) is 10.0 Å². The van der Waals surface area contributed by atoms with E-state index in [4.69, 9.17) is 5.11 Å². The topological polar surface area (TPSA) is 113 Å². The van der Waals surface area contributed by atoms with Crippen molar-refractivity contribution < 1.29 is 23.1 Å². The lowest BCUT2D eigenvalue weighted by atomic mass is 10.2. The van der Waals surface area contributed by atoms with Gasteiger partial charge in [0.1, 0.15) is 4.21 Å². The van der Waals surface area contributed by atoms with E-state index >= 15 is 0 Å². The molecule has 106 valence electrons. The van der Waals surface area contributed by atoms with Gasteiger partial charge in [0.05, 0.1) is 13.0 Å². The highest BCUT2D eigenvalue weighted by molar-refractivity contribution is 7.91. The summed E-state index contributed by atoms with van der Waals surface area (Å²) in [6.07, 6.45) is -0.219. The van der Waals surface area contributed by atoms with Crippen LogP contribution in [0.3, 0.4) is 0 Å². The quantitative estimate of drug-likeness (QED) is 0.656. The first-order valence-corrected chi connectivity index (χ1v) is 7.72. The van der Waals surface area contributed by atoms with Crippen molar-refractivity contribution >= 4 is 33.2 Å². The summed E-state index contributed by atoms with van der Waals surface area (Å²) < 4.78 is 25.6. The number of carbonyl (C=O) groups excluding carboxylic acids is 1. The largest absolute Gasteiger partial charge is 0.481 e. The summed E-state index contributed by atoms with van der Waals surface area (Å²) >= 11 is 1.04. The zero-order chi connectivity index (χ0) is 14.5. The van der Waals surface area contributed by atoms with Gasteiger partial charge in [-0.05, 0) is 18.4 Å². The van der Waals surface area contributed by atoms with Crippen LogP contribution in [0, 0.1) is 0 Å². The van der Waals surface area contributed by atoms with Crippen LogP contribution in [0.1, 0.15) is 13.3 Å². The SMILES string of the molecule is CC(CC(=O)O)NC(=O)CNS(=O)(=O)c1cccs1. The molecule has 19 heavy (non-hydrogen) atoms. The molecule has 1 heterocycles. The van der Waals surface area contributed by atoms with Gasteiger partial charge in [-0.15, -0.1) is 11.3 Å². The standard InChI is InChI=1S/C10H14N2O5S2/c1-7(5-9(14)15)12-8(13)6-11-19(16,17)10-3-2-4-18-10/h2-4,7,11H,5-6H2,1H3,(H,12,13)(H,14,15). The van der Waals surface area contributed by atoms with Gasteiger partial charge in [0, 0.05) is 6.04 Å². The highest BCUT2D eigenvalue weighted by Crippen LogP contribution is 2.14. The highest BCUT2D eigenvalue weighted by atomic mass is 32.2. The number of rotatable bonds is 7. The van der Waals surface area contributed by atoms with Crippen molar-refractivity contribution in [3.8, 4) is 0 Å². The summed E-state index contributed by atoms with van der Waals surface area (Å²) in [6, 6.07) is 2.46. The van der Waals surface area contributed by atoms with E-state index in [1.165, 1.54) is 13.0 Å². The molecular formula is C10H14N2O5S2. The summed E-state index contributed by atoms with van der Waals surface area (Å²) in [5.41, 5.74) is 0. The Morgan fingerprint density at radius 1 is 1.47 bits per heavy atom. The molecule has 0 aromatic carbocycles. The molecule has 1 aromatic heterocycles. The van der Waals surface area contributed by atoms with E-state index in [0.717, 1.165) is 11.3 Å². The average Bonchev–Trinajstić information content (AvgIpc) is 2.79. The number of nitrogens with one attached hydrogen (secondary N) is 2. The van der Waals surface area contributed by atoms with E-state index in [0.29, 0.717) is 0 Å². The number of sulfonamides is 1. The van der Waals surface area contributed by atoms with Crippen molar-refractivity contribution in [1.82, 2.24) is 10.0 Å². The molecule has 0 aliphatic rings. The maximum absolute atomic E-state index is 11.7. The minimum absolute atomic E-state index is 0.124. The van der Waals surface area contributed by atoms with E-state index in [-0.39, 0.29) is 10.6 Å². The van der Waals surface area contributed by atoms with Crippen LogP contribution in [0.2, 0.25) is 0 Å². The zero-order valence-corrected chi connectivity index (χ0v) is 11.8. The molecule has 3 N–H and O–H groups in total. The first-order valence-electron chi connectivity index (χ1n) is 5.35. The Hall–Kier alpha value is -1.45. The molecule has 0 fully saturated rings. The van der Waals surface area contributed by atoms with E-state index in [9.17, 15) is 18.0 Å². The van der Waals surface area contributed by atoms with Gasteiger partial charge in [-0.2, -0.15) is 0 Å². The summed E-state index contributed by atoms with van der Waals surface area (Å²) in [5, 5.41) is 12.5. The van der Waals surface area contributed by atoms with Gasteiger partial charge in [-0.1, -0.05) is 6.07 Å². The van der Waals surface area contributed by atoms with Gasteiger partial charge in [-0.3, -0.25) is 9.59 Å². The van der Waals surface area contributed by atoms with E-state index in [2.05, 4.69) is 10.0 Å². The van der Waals surface area contributed by atoms with Crippen LogP contribution < -0.4 is 10.0 Å². The minimum atomic E-state index is -3.68. The number of aliphatic carboxylic acids is 1. The molecule has 0 aliphatic carbocycles. The van der Waals surface area contributed by atoms with Gasteiger partial charge < -0.3 is 10.4 Å². The van der Waals surface area contributed by atoms with Gasteiger partial charge in [-0.25, -0.2) is 13.1 Å². The maximum Gasteiger partial charge on any atom is 0.305 e. The third-order valence-electron chi connectivity index (χ3n) is 2.07. The molecular weight excluding hydrogens is 292 g/mol. The van der Waals surface area contributed by atoms with Crippen molar-refractivity contribution in [2.75, 3.05) is 6.54 Å². The third kappa shape index (κ3) is 5.37. The van der Waals surface area contributed by atoms with Gasteiger partial charge in [0.2, 0.25) is 5.91 Å². The van der Waals surface area contributed by atoms with E-state index < -0.39 is 34.5 Å². The summed E-state index contributed by atoms with van der Waals surface area (Å²) in [4.78, 5) is 21.8. The van der Waals surface area contributed by atoms with Gasteiger partial charge in [0.15, 0.2) is 0 Å². The lowest BCUT2D eigenvalue weighted by molar-refractivity contribution is -0.137. The van der Waals surface area contributed by atoms with Crippen LogP contribution >= 0.6 is 11.3 Å². The normalized spacial score (nSPS) is 12.9. The monoisotopic (exact) mass is 306 g/mol. The Morgan fingerprint density at radius 3 is 2.68 bits per heavy atom. The molecule has 0 saturated carbocycles. The molecule has 0 radical (unpaired) electrons. The Kier molecular flexibility index (Phi) is 5.45. The molecule has 0 aliphatic heterocycles. The zero-order valence-electron chi connectivity index (χ0n) is 10.1. The second kappa shape index (κ2) is 6.64. The first-order chi connectivity index (χ1) is 8.81. The third-order valence-corrected chi connectivity index (χ3v) is 4.87. The van der Waals surface area contributed by atoms with Crippen LogP contribution in [0.5, 0.6) is 0 Å². The van der Waals surface area contributed by atoms with Crippen molar-refractivity contribution in [2.24, 2.45) is 0 Å². The van der Waals surface area contributed by atoms with Crippen molar-refractivity contribution in [3.05, 3.63) is 17.5 Å². The van der Waals surface area contributed by atoms with Crippen molar-refractivity contribution in [2.45, 2.75) is 23.6 Å². The predicted molar refractivity (Wildman–Crippen MR) is 69.4 cm³/mol. The van der Waals surface area contributed by atoms with Crippen LogP contribution in [-0.2, 0) is 19.6 Å². The number of carboxylic acid groups (broad SMARTS) is 1. The second-order valence-corrected chi connectivity index (χ2v) is 6.76. The summed E-state index contributed by atoms with van der Waals surface area (Å²) in [6.45, 7) is 1.10. The lowest BCUT2D eigenvalue weighted by Crippen LogP contribution is -2.41. The Balaban J connectivity index is 2.45. The molecule has 1 rings (SSSR count). The first kappa shape index (κ1) is 15.6. The minimum Gasteiger partial charge on any atom is -0.481 e. The van der Waals surface area contributed by atoms with E-state index in [1.54, 1.807) is 11.4 Å². The van der Waals surface area contributed by atoms with Crippen LogP contribution in [0.15, 0.2) is 21.7 Å². The predicted octanol–water partition coefficient (Wildman–Crippen LogP) is 0.00580. The summed E-state index contributed by atoms with van der Waals surface area (Å²) in [5.74, 6) is -1.61. The number of amides is 1. The molecule has 1 amide bonds. The fourth-order valence-corrected chi connectivity index (χ4v) is 3.31.